The van der Waals surface area contributed by atoms with Crippen LogP contribution in [0.1, 0.15) is 6.92 Å². The van der Waals surface area contributed by atoms with Gasteiger partial charge in [-0.2, -0.15) is 5.10 Å². The summed E-state index contributed by atoms with van der Waals surface area (Å²) in [6, 6.07) is 1.35. The van der Waals surface area contributed by atoms with Crippen LogP contribution in [0.4, 0.5) is 0 Å². The maximum absolute atomic E-state index is 11.7. The monoisotopic (exact) mass is 262 g/mol. The highest BCUT2D eigenvalue weighted by Crippen LogP contribution is 2.07. The summed E-state index contributed by atoms with van der Waals surface area (Å²) in [5.41, 5.74) is -1.13. The SMILES string of the molecule is CN(C)CC(C)(O)CNS(=O)(=O)c1ccn[nH]1. The lowest BCUT2D eigenvalue weighted by atomic mass is 10.1. The molecule has 1 aromatic rings. The zero-order valence-electron chi connectivity index (χ0n) is 10.1. The number of nitrogens with zero attached hydrogens (tertiary/aromatic N) is 2. The van der Waals surface area contributed by atoms with Gasteiger partial charge in [-0.25, -0.2) is 13.1 Å². The van der Waals surface area contributed by atoms with Gasteiger partial charge in [0.2, 0.25) is 0 Å². The average Bonchev–Trinajstić information content (AvgIpc) is 2.66. The van der Waals surface area contributed by atoms with Crippen LogP contribution < -0.4 is 4.72 Å². The third-order valence-corrected chi connectivity index (χ3v) is 3.40. The van der Waals surface area contributed by atoms with Crippen molar-refractivity contribution < 1.29 is 13.5 Å². The van der Waals surface area contributed by atoms with E-state index in [0.717, 1.165) is 0 Å². The predicted octanol–water partition coefficient (Wildman–Crippen LogP) is -0.999. The summed E-state index contributed by atoms with van der Waals surface area (Å²) in [5.74, 6) is 0. The average molecular weight is 262 g/mol. The van der Waals surface area contributed by atoms with Gasteiger partial charge in [0.05, 0.1) is 11.8 Å². The van der Waals surface area contributed by atoms with E-state index < -0.39 is 15.6 Å². The van der Waals surface area contributed by atoms with Crippen molar-refractivity contribution in [3.63, 3.8) is 0 Å². The van der Waals surface area contributed by atoms with Crippen LogP contribution >= 0.6 is 0 Å². The van der Waals surface area contributed by atoms with Crippen LogP contribution in [0, 0.1) is 0 Å². The van der Waals surface area contributed by atoms with Crippen LogP contribution in [-0.2, 0) is 10.0 Å². The molecule has 0 aliphatic heterocycles. The second-order valence-electron chi connectivity index (χ2n) is 4.48. The smallest absolute Gasteiger partial charge is 0.257 e. The largest absolute Gasteiger partial charge is 0.387 e. The molecule has 0 spiro atoms. The Morgan fingerprint density at radius 1 is 1.59 bits per heavy atom. The van der Waals surface area contributed by atoms with Crippen LogP contribution in [0.3, 0.4) is 0 Å². The van der Waals surface area contributed by atoms with Gasteiger partial charge in [0, 0.05) is 13.1 Å². The first kappa shape index (κ1) is 14.1. The Labute approximate surface area is 101 Å². The fourth-order valence-electron chi connectivity index (χ4n) is 1.46. The van der Waals surface area contributed by atoms with Crippen molar-refractivity contribution in [2.45, 2.75) is 17.6 Å². The lowest BCUT2D eigenvalue weighted by Gasteiger charge is -2.26. The number of likely N-dealkylation sites (N-methyl/N-ethyl adjacent to an activating group) is 1. The van der Waals surface area contributed by atoms with E-state index in [4.69, 9.17) is 0 Å². The molecule has 17 heavy (non-hydrogen) atoms. The summed E-state index contributed by atoms with van der Waals surface area (Å²) in [6.07, 6.45) is 1.35. The van der Waals surface area contributed by atoms with Gasteiger partial charge in [-0.05, 0) is 27.1 Å². The molecule has 0 amide bonds. The predicted molar refractivity (Wildman–Crippen MR) is 63.0 cm³/mol. The lowest BCUT2D eigenvalue weighted by Crippen LogP contribution is -2.47. The number of sulfonamides is 1. The molecular weight excluding hydrogens is 244 g/mol. The second-order valence-corrected chi connectivity index (χ2v) is 6.22. The molecule has 0 radical (unpaired) electrons. The number of H-pyrrole nitrogens is 1. The molecule has 1 rings (SSSR count). The molecular formula is C9H18N4O3S. The number of rotatable bonds is 6. The highest BCUT2D eigenvalue weighted by Gasteiger charge is 2.25. The normalized spacial score (nSPS) is 16.1. The van der Waals surface area contributed by atoms with Gasteiger partial charge in [-0.3, -0.25) is 5.10 Å². The zero-order chi connectivity index (χ0) is 13.1. The fourth-order valence-corrected chi connectivity index (χ4v) is 2.53. The van der Waals surface area contributed by atoms with E-state index in [0.29, 0.717) is 6.54 Å². The van der Waals surface area contributed by atoms with E-state index in [1.54, 1.807) is 25.9 Å². The number of nitrogens with one attached hydrogen (secondary N) is 2. The van der Waals surface area contributed by atoms with Gasteiger partial charge in [0.1, 0.15) is 0 Å². The van der Waals surface area contributed by atoms with Crippen molar-refractivity contribution >= 4 is 10.0 Å². The van der Waals surface area contributed by atoms with Crippen molar-refractivity contribution in [3.05, 3.63) is 12.3 Å². The molecule has 1 heterocycles. The minimum Gasteiger partial charge on any atom is -0.387 e. The number of hydrogen-bond donors (Lipinski definition) is 3. The summed E-state index contributed by atoms with van der Waals surface area (Å²) in [5, 5.41) is 15.9. The number of aromatic amines is 1. The quantitative estimate of drug-likeness (QED) is 0.611. The van der Waals surface area contributed by atoms with E-state index >= 15 is 0 Å². The van der Waals surface area contributed by atoms with Crippen molar-refractivity contribution in [1.82, 2.24) is 19.8 Å². The highest BCUT2D eigenvalue weighted by atomic mass is 32.2. The summed E-state index contributed by atoms with van der Waals surface area (Å²) < 4.78 is 25.8. The van der Waals surface area contributed by atoms with E-state index in [2.05, 4.69) is 14.9 Å². The Bertz CT molecular complexity index is 439. The molecule has 98 valence electrons. The molecule has 0 saturated carbocycles. The summed E-state index contributed by atoms with van der Waals surface area (Å²) in [7, 11) is -0.0256. The minimum atomic E-state index is -3.63. The summed E-state index contributed by atoms with van der Waals surface area (Å²) in [6.45, 7) is 1.87. The molecule has 8 heteroatoms. The zero-order valence-corrected chi connectivity index (χ0v) is 11.0. The van der Waals surface area contributed by atoms with Crippen LogP contribution in [0.25, 0.3) is 0 Å². The van der Waals surface area contributed by atoms with Gasteiger partial charge < -0.3 is 10.0 Å². The van der Waals surface area contributed by atoms with E-state index in [-0.39, 0.29) is 11.6 Å². The Balaban J connectivity index is 2.62. The summed E-state index contributed by atoms with van der Waals surface area (Å²) in [4.78, 5) is 1.78. The van der Waals surface area contributed by atoms with Gasteiger partial charge >= 0.3 is 0 Å². The van der Waals surface area contributed by atoms with Gasteiger partial charge in [0.15, 0.2) is 5.03 Å². The van der Waals surface area contributed by atoms with E-state index in [9.17, 15) is 13.5 Å². The Morgan fingerprint density at radius 2 is 2.24 bits per heavy atom. The van der Waals surface area contributed by atoms with Crippen molar-refractivity contribution in [3.8, 4) is 0 Å². The second kappa shape index (κ2) is 5.13. The molecule has 1 atom stereocenters. The van der Waals surface area contributed by atoms with Gasteiger partial charge in [-0.15, -0.1) is 0 Å². The van der Waals surface area contributed by atoms with Gasteiger partial charge in [0.25, 0.3) is 10.0 Å². The Kier molecular flexibility index (Phi) is 4.26. The third-order valence-electron chi connectivity index (χ3n) is 2.06. The first-order valence-corrected chi connectivity index (χ1v) is 6.57. The summed E-state index contributed by atoms with van der Waals surface area (Å²) >= 11 is 0. The molecule has 0 aromatic carbocycles. The molecule has 3 N–H and O–H groups in total. The molecule has 1 aromatic heterocycles. The standard InChI is InChI=1S/C9H18N4O3S/c1-9(14,7-13(2)3)6-11-17(15,16)8-4-5-10-12-8/h4-5,11,14H,6-7H2,1-3H3,(H,10,12). The van der Waals surface area contributed by atoms with Crippen LogP contribution in [0.2, 0.25) is 0 Å². The number of aliphatic hydroxyl groups is 1. The third kappa shape index (κ3) is 4.43. The van der Waals surface area contributed by atoms with E-state index in [1.807, 2.05) is 0 Å². The molecule has 0 saturated heterocycles. The topological polar surface area (TPSA) is 98.3 Å². The number of hydrogen-bond acceptors (Lipinski definition) is 5. The van der Waals surface area contributed by atoms with E-state index in [1.165, 1.54) is 12.3 Å². The highest BCUT2D eigenvalue weighted by molar-refractivity contribution is 7.89. The molecule has 0 bridgehead atoms. The van der Waals surface area contributed by atoms with Gasteiger partial charge in [-0.1, -0.05) is 0 Å². The van der Waals surface area contributed by atoms with Crippen LogP contribution in [0.15, 0.2) is 17.3 Å². The fraction of sp³-hybridized carbons (Fsp3) is 0.667. The van der Waals surface area contributed by atoms with Crippen LogP contribution in [-0.4, -0.2) is 61.4 Å². The lowest BCUT2D eigenvalue weighted by molar-refractivity contribution is 0.0386. The van der Waals surface area contributed by atoms with Crippen molar-refractivity contribution in [1.29, 1.82) is 0 Å². The maximum atomic E-state index is 11.7. The molecule has 0 aliphatic rings. The van der Waals surface area contributed by atoms with Crippen molar-refractivity contribution in [2.75, 3.05) is 27.2 Å². The molecule has 7 nitrogen and oxygen atoms in total. The minimum absolute atomic E-state index is 0.0156. The Morgan fingerprint density at radius 3 is 2.71 bits per heavy atom. The van der Waals surface area contributed by atoms with Crippen LogP contribution in [0.5, 0.6) is 0 Å². The molecule has 0 fully saturated rings. The first-order chi connectivity index (χ1) is 7.73. The Hall–Kier alpha value is -0.960. The van der Waals surface area contributed by atoms with Crippen molar-refractivity contribution in [2.24, 2.45) is 0 Å². The maximum Gasteiger partial charge on any atom is 0.257 e. The molecule has 0 aliphatic carbocycles. The molecule has 1 unspecified atom stereocenters. The number of aromatic nitrogens is 2. The first-order valence-electron chi connectivity index (χ1n) is 5.09.